The largest absolute Gasteiger partial charge is 0.464 e. The van der Waals surface area contributed by atoms with E-state index in [1.807, 2.05) is 0 Å². The molecule has 1 N–H and O–H groups in total. The molecule has 82 valence electrons. The first-order valence-corrected chi connectivity index (χ1v) is 4.87. The lowest BCUT2D eigenvalue weighted by Gasteiger charge is -2.01. The first-order chi connectivity index (χ1) is 7.50. The minimum atomic E-state index is -1.01. The molecular weight excluding hydrogens is 206 g/mol. The summed E-state index contributed by atoms with van der Waals surface area (Å²) < 4.78 is 1.21. The molecule has 0 amide bonds. The average Bonchev–Trinajstić information content (AvgIpc) is 2.51. The number of fused-ring (bicyclic) bond motifs is 1. The van der Waals surface area contributed by atoms with Crippen LogP contribution >= 0.6 is 0 Å². The van der Waals surface area contributed by atoms with Gasteiger partial charge in [0.25, 0.3) is 0 Å². The van der Waals surface area contributed by atoms with Gasteiger partial charge in [0, 0.05) is 16.6 Å². The maximum atomic E-state index is 11.2. The molecule has 0 saturated carbocycles. The lowest BCUT2D eigenvalue weighted by molar-refractivity contribution is 0.101. The number of aromatic nitrogens is 1. The molecule has 0 atom stereocenters. The zero-order valence-electron chi connectivity index (χ0n) is 9.02. The van der Waals surface area contributed by atoms with Crippen LogP contribution in [0.3, 0.4) is 0 Å². The number of ketones is 1. The summed E-state index contributed by atoms with van der Waals surface area (Å²) in [6.45, 7) is 3.21. The molecule has 0 aliphatic heterocycles. The van der Waals surface area contributed by atoms with Crippen molar-refractivity contribution in [3.05, 3.63) is 35.5 Å². The number of hydrogen-bond donors (Lipinski definition) is 1. The Morgan fingerprint density at radius 3 is 2.50 bits per heavy atom. The summed E-state index contributed by atoms with van der Waals surface area (Å²) in [5.74, 6) is -0.0253. The third kappa shape index (κ3) is 1.48. The van der Waals surface area contributed by atoms with Crippen LogP contribution in [-0.4, -0.2) is 21.6 Å². The smallest absolute Gasteiger partial charge is 0.416 e. The summed E-state index contributed by atoms with van der Waals surface area (Å²) in [4.78, 5) is 22.2. The van der Waals surface area contributed by atoms with Crippen LogP contribution in [0.2, 0.25) is 0 Å². The van der Waals surface area contributed by atoms with Crippen LogP contribution in [-0.2, 0) is 0 Å². The number of carboxylic acid groups (broad SMARTS) is 1. The number of carbonyl (C=O) groups excluding carboxylic acids is 1. The van der Waals surface area contributed by atoms with Crippen LogP contribution in [0, 0.1) is 6.92 Å². The topological polar surface area (TPSA) is 59.3 Å². The lowest BCUT2D eigenvalue weighted by atomic mass is 10.1. The fourth-order valence-electron chi connectivity index (χ4n) is 1.83. The van der Waals surface area contributed by atoms with Gasteiger partial charge in [0.1, 0.15) is 0 Å². The van der Waals surface area contributed by atoms with Gasteiger partial charge in [0.2, 0.25) is 0 Å². The van der Waals surface area contributed by atoms with Crippen molar-refractivity contribution in [2.45, 2.75) is 13.8 Å². The van der Waals surface area contributed by atoms with Crippen molar-refractivity contribution < 1.29 is 14.7 Å². The van der Waals surface area contributed by atoms with Crippen LogP contribution in [0.25, 0.3) is 10.9 Å². The van der Waals surface area contributed by atoms with Crippen LogP contribution in [0.5, 0.6) is 0 Å². The number of aryl methyl sites for hydroxylation is 1. The molecular formula is C12H11NO3. The van der Waals surface area contributed by atoms with Crippen molar-refractivity contribution in [1.82, 2.24) is 4.57 Å². The average molecular weight is 217 g/mol. The van der Waals surface area contributed by atoms with E-state index in [4.69, 9.17) is 5.11 Å². The van der Waals surface area contributed by atoms with Crippen molar-refractivity contribution in [2.24, 2.45) is 0 Å². The second-order valence-electron chi connectivity index (χ2n) is 3.73. The quantitative estimate of drug-likeness (QED) is 0.747. The summed E-state index contributed by atoms with van der Waals surface area (Å²) in [5, 5.41) is 9.80. The Bertz CT molecular complexity index is 596. The zero-order chi connectivity index (χ0) is 11.9. The molecule has 4 heteroatoms. The fraction of sp³-hybridized carbons (Fsp3) is 0.167. The van der Waals surface area contributed by atoms with Gasteiger partial charge >= 0.3 is 6.09 Å². The molecule has 0 radical (unpaired) electrons. The predicted molar refractivity (Wildman–Crippen MR) is 60.1 cm³/mol. The van der Waals surface area contributed by atoms with Gasteiger partial charge in [-0.3, -0.25) is 9.36 Å². The van der Waals surface area contributed by atoms with Crippen LogP contribution in [0.1, 0.15) is 23.0 Å². The molecule has 1 heterocycles. The molecule has 0 saturated heterocycles. The second kappa shape index (κ2) is 3.48. The second-order valence-corrected chi connectivity index (χ2v) is 3.73. The van der Waals surface area contributed by atoms with Crippen LogP contribution < -0.4 is 0 Å². The van der Waals surface area contributed by atoms with Crippen LogP contribution in [0.15, 0.2) is 24.3 Å². The van der Waals surface area contributed by atoms with Gasteiger partial charge in [0.15, 0.2) is 5.78 Å². The van der Waals surface area contributed by atoms with E-state index in [0.717, 1.165) is 5.39 Å². The van der Waals surface area contributed by atoms with E-state index in [1.54, 1.807) is 31.2 Å². The fourth-order valence-corrected chi connectivity index (χ4v) is 1.83. The Balaban J connectivity index is 2.75. The third-order valence-corrected chi connectivity index (χ3v) is 2.58. The Labute approximate surface area is 92.1 Å². The highest BCUT2D eigenvalue weighted by Gasteiger charge is 2.12. The Morgan fingerprint density at radius 1 is 1.25 bits per heavy atom. The van der Waals surface area contributed by atoms with Gasteiger partial charge in [-0.2, -0.15) is 0 Å². The number of benzene rings is 1. The van der Waals surface area contributed by atoms with Crippen molar-refractivity contribution in [3.63, 3.8) is 0 Å². The molecule has 0 unspecified atom stereocenters. The van der Waals surface area contributed by atoms with E-state index in [9.17, 15) is 9.59 Å². The highest BCUT2D eigenvalue weighted by molar-refractivity contribution is 5.99. The van der Waals surface area contributed by atoms with E-state index in [2.05, 4.69) is 0 Å². The minimum absolute atomic E-state index is 0.0253. The third-order valence-electron chi connectivity index (χ3n) is 2.58. The summed E-state index contributed by atoms with van der Waals surface area (Å²) in [7, 11) is 0. The van der Waals surface area contributed by atoms with Crippen molar-refractivity contribution >= 4 is 22.8 Å². The van der Waals surface area contributed by atoms with Gasteiger partial charge in [-0.15, -0.1) is 0 Å². The van der Waals surface area contributed by atoms with E-state index < -0.39 is 6.09 Å². The SMILES string of the molecule is CC(=O)c1ccc2c(c1)cc(C)n2C(=O)O. The zero-order valence-corrected chi connectivity index (χ0v) is 9.02. The Kier molecular flexibility index (Phi) is 2.27. The summed E-state index contributed by atoms with van der Waals surface area (Å²) in [5.41, 5.74) is 1.84. The standard InChI is InChI=1S/C12H11NO3/c1-7-5-10-6-9(8(2)14)3-4-11(10)13(7)12(15)16/h3-6H,1-2H3,(H,15,16). The van der Waals surface area contributed by atoms with Crippen molar-refractivity contribution in [3.8, 4) is 0 Å². The normalized spacial score (nSPS) is 10.6. The molecule has 0 fully saturated rings. The summed E-state index contributed by atoms with van der Waals surface area (Å²) in [6, 6.07) is 6.77. The molecule has 4 nitrogen and oxygen atoms in total. The van der Waals surface area contributed by atoms with E-state index in [0.29, 0.717) is 16.8 Å². The van der Waals surface area contributed by atoms with E-state index in [-0.39, 0.29) is 5.78 Å². The van der Waals surface area contributed by atoms with E-state index in [1.165, 1.54) is 11.5 Å². The van der Waals surface area contributed by atoms with Crippen molar-refractivity contribution in [1.29, 1.82) is 0 Å². The molecule has 1 aromatic carbocycles. The molecule has 2 rings (SSSR count). The van der Waals surface area contributed by atoms with Gasteiger partial charge < -0.3 is 5.11 Å². The number of carbonyl (C=O) groups is 2. The number of hydrogen-bond acceptors (Lipinski definition) is 2. The van der Waals surface area contributed by atoms with E-state index >= 15 is 0 Å². The number of Topliss-reactive ketones (excluding diaryl/α,β-unsaturated/α-hetero) is 1. The highest BCUT2D eigenvalue weighted by Crippen LogP contribution is 2.21. The minimum Gasteiger partial charge on any atom is -0.464 e. The van der Waals surface area contributed by atoms with Gasteiger partial charge in [0.05, 0.1) is 5.52 Å². The maximum absolute atomic E-state index is 11.2. The first-order valence-electron chi connectivity index (χ1n) is 4.87. The molecule has 1 aromatic heterocycles. The lowest BCUT2D eigenvalue weighted by Crippen LogP contribution is -2.08. The van der Waals surface area contributed by atoms with Crippen molar-refractivity contribution in [2.75, 3.05) is 0 Å². The van der Waals surface area contributed by atoms with Gasteiger partial charge in [-0.1, -0.05) is 0 Å². The highest BCUT2D eigenvalue weighted by atomic mass is 16.4. The Morgan fingerprint density at radius 2 is 1.94 bits per heavy atom. The predicted octanol–water partition coefficient (Wildman–Crippen LogP) is 2.68. The number of rotatable bonds is 1. The first kappa shape index (κ1) is 10.4. The van der Waals surface area contributed by atoms with Gasteiger partial charge in [-0.25, -0.2) is 4.79 Å². The molecule has 0 spiro atoms. The van der Waals surface area contributed by atoms with Crippen LogP contribution in [0.4, 0.5) is 4.79 Å². The number of nitrogens with zero attached hydrogens (tertiary/aromatic N) is 1. The molecule has 0 aliphatic rings. The molecule has 2 aromatic rings. The van der Waals surface area contributed by atoms with Gasteiger partial charge in [-0.05, 0) is 38.1 Å². The molecule has 0 aliphatic carbocycles. The Hall–Kier alpha value is -2.10. The molecule has 0 bridgehead atoms. The maximum Gasteiger partial charge on any atom is 0.416 e. The monoisotopic (exact) mass is 217 g/mol. The summed E-state index contributed by atoms with van der Waals surface area (Å²) >= 11 is 0. The molecule has 16 heavy (non-hydrogen) atoms. The summed E-state index contributed by atoms with van der Waals surface area (Å²) in [6.07, 6.45) is -1.01.